The van der Waals surface area contributed by atoms with Crippen LogP contribution in [0, 0.1) is 0 Å². The topological polar surface area (TPSA) is 60.5 Å². The summed E-state index contributed by atoms with van der Waals surface area (Å²) in [7, 11) is 0. The summed E-state index contributed by atoms with van der Waals surface area (Å²) in [5.74, 6) is -0.151. The number of halogens is 1. The molecule has 1 atom stereocenters. The first kappa shape index (κ1) is 17.4. The van der Waals surface area contributed by atoms with Gasteiger partial charge in [0.2, 0.25) is 0 Å². The third-order valence-corrected chi connectivity index (χ3v) is 5.42. The molecule has 1 saturated heterocycles. The van der Waals surface area contributed by atoms with Gasteiger partial charge in [0.05, 0.1) is 51.9 Å². The number of pyridine rings is 1. The fourth-order valence-corrected chi connectivity index (χ4v) is 3.90. The second-order valence-electron chi connectivity index (χ2n) is 5.95. The van der Waals surface area contributed by atoms with Crippen LogP contribution in [0.3, 0.4) is 0 Å². The molecular formula is C19H17ClN2O3S. The smallest absolute Gasteiger partial charge is 0.252 e. The molecule has 1 N–H and O–H groups in total. The van der Waals surface area contributed by atoms with Crippen LogP contribution in [0.15, 0.2) is 42.5 Å². The van der Waals surface area contributed by atoms with Gasteiger partial charge in [0, 0.05) is 11.9 Å². The molecule has 4 rings (SSSR count). The number of carbonyl (C=O) groups is 1. The summed E-state index contributed by atoms with van der Waals surface area (Å²) in [5, 5.41) is 3.77. The van der Waals surface area contributed by atoms with Gasteiger partial charge in [-0.3, -0.25) is 4.79 Å². The molecule has 134 valence electrons. The third kappa shape index (κ3) is 3.73. The molecule has 1 aliphatic rings. The molecule has 2 aromatic heterocycles. The minimum atomic E-state index is -0.151. The fourth-order valence-electron chi connectivity index (χ4n) is 2.90. The van der Waals surface area contributed by atoms with E-state index in [1.807, 2.05) is 42.5 Å². The highest BCUT2D eigenvalue weighted by Gasteiger charge is 2.18. The van der Waals surface area contributed by atoms with Crippen molar-refractivity contribution in [2.45, 2.75) is 6.10 Å². The minimum absolute atomic E-state index is 0.114. The predicted octanol–water partition coefficient (Wildman–Crippen LogP) is 3.76. The van der Waals surface area contributed by atoms with E-state index in [2.05, 4.69) is 10.3 Å². The fraction of sp³-hybridized carbons (Fsp3) is 0.263. The van der Waals surface area contributed by atoms with E-state index in [-0.39, 0.29) is 12.0 Å². The quantitative estimate of drug-likeness (QED) is 0.739. The van der Waals surface area contributed by atoms with Gasteiger partial charge in [-0.2, -0.15) is 0 Å². The van der Waals surface area contributed by atoms with E-state index in [1.165, 1.54) is 11.3 Å². The Labute approximate surface area is 159 Å². The Bertz CT molecular complexity index is 937. The maximum atomic E-state index is 12.8. The Morgan fingerprint density at radius 2 is 2.15 bits per heavy atom. The molecule has 26 heavy (non-hydrogen) atoms. The number of amides is 1. The molecule has 0 bridgehead atoms. The van der Waals surface area contributed by atoms with Gasteiger partial charge in [0.1, 0.15) is 0 Å². The molecule has 7 heteroatoms. The molecule has 1 aromatic carbocycles. The van der Waals surface area contributed by atoms with E-state index in [1.54, 1.807) is 0 Å². The number of hydrogen-bond acceptors (Lipinski definition) is 5. The number of para-hydroxylation sites is 1. The van der Waals surface area contributed by atoms with Crippen LogP contribution < -0.4 is 5.32 Å². The Morgan fingerprint density at radius 3 is 2.92 bits per heavy atom. The molecule has 3 aromatic rings. The van der Waals surface area contributed by atoms with Crippen molar-refractivity contribution >= 4 is 39.7 Å². The standard InChI is InChI=1S/C19H17ClN2O3S/c20-18-6-5-17(26-18)16-9-14(13-3-1-2-4-15(13)22-16)19(23)21-10-12-11-24-7-8-25-12/h1-6,9,12H,7-8,10-11H2,(H,21,23)/t12-/m1/s1. The van der Waals surface area contributed by atoms with E-state index < -0.39 is 0 Å². The summed E-state index contributed by atoms with van der Waals surface area (Å²) in [6.45, 7) is 2.07. The second kappa shape index (κ2) is 7.72. The molecule has 0 radical (unpaired) electrons. The normalized spacial score (nSPS) is 17.3. The molecular weight excluding hydrogens is 372 g/mol. The average molecular weight is 389 g/mol. The molecule has 0 spiro atoms. The van der Waals surface area contributed by atoms with Crippen molar-refractivity contribution in [2.75, 3.05) is 26.4 Å². The number of nitrogens with zero attached hydrogens (tertiary/aromatic N) is 1. The lowest BCUT2D eigenvalue weighted by Gasteiger charge is -2.23. The van der Waals surface area contributed by atoms with Crippen LogP contribution in [0.4, 0.5) is 0 Å². The Kier molecular flexibility index (Phi) is 5.17. The Hall–Kier alpha value is -1.99. The number of rotatable bonds is 4. The predicted molar refractivity (Wildman–Crippen MR) is 103 cm³/mol. The van der Waals surface area contributed by atoms with Crippen LogP contribution in [0.2, 0.25) is 4.34 Å². The SMILES string of the molecule is O=C(NC[C@@H]1COCCO1)c1cc(-c2ccc(Cl)s2)nc2ccccc12. The first-order chi connectivity index (χ1) is 12.7. The number of benzene rings is 1. The summed E-state index contributed by atoms with van der Waals surface area (Å²) in [4.78, 5) is 18.4. The Morgan fingerprint density at radius 1 is 1.27 bits per heavy atom. The van der Waals surface area contributed by atoms with Gasteiger partial charge in [-0.1, -0.05) is 29.8 Å². The number of ether oxygens (including phenoxy) is 2. The average Bonchev–Trinajstić information content (AvgIpc) is 3.12. The number of nitrogens with one attached hydrogen (secondary N) is 1. The van der Waals surface area contributed by atoms with E-state index in [9.17, 15) is 4.79 Å². The van der Waals surface area contributed by atoms with Gasteiger partial charge >= 0.3 is 0 Å². The summed E-state index contributed by atoms with van der Waals surface area (Å²) in [5.41, 5.74) is 2.10. The van der Waals surface area contributed by atoms with Gasteiger partial charge in [0.25, 0.3) is 5.91 Å². The van der Waals surface area contributed by atoms with E-state index in [4.69, 9.17) is 21.1 Å². The van der Waals surface area contributed by atoms with Crippen LogP contribution in [0.5, 0.6) is 0 Å². The number of aromatic nitrogens is 1. The van der Waals surface area contributed by atoms with Gasteiger partial charge in [-0.05, 0) is 24.3 Å². The van der Waals surface area contributed by atoms with Crippen molar-refractivity contribution in [2.24, 2.45) is 0 Å². The number of fused-ring (bicyclic) bond motifs is 1. The zero-order chi connectivity index (χ0) is 17.9. The van der Waals surface area contributed by atoms with Crippen LogP contribution in [0.1, 0.15) is 10.4 Å². The van der Waals surface area contributed by atoms with Gasteiger partial charge in [-0.25, -0.2) is 4.98 Å². The zero-order valence-electron chi connectivity index (χ0n) is 13.9. The first-order valence-corrected chi connectivity index (χ1v) is 9.53. The van der Waals surface area contributed by atoms with Crippen LogP contribution in [-0.2, 0) is 9.47 Å². The van der Waals surface area contributed by atoms with Crippen LogP contribution in [0.25, 0.3) is 21.5 Å². The molecule has 0 aliphatic carbocycles. The molecule has 0 saturated carbocycles. The van der Waals surface area contributed by atoms with Crippen molar-refractivity contribution in [1.82, 2.24) is 10.3 Å². The van der Waals surface area contributed by atoms with Crippen molar-refractivity contribution in [3.63, 3.8) is 0 Å². The molecule has 1 amide bonds. The summed E-state index contributed by atoms with van der Waals surface area (Å²) in [6, 6.07) is 13.2. The highest BCUT2D eigenvalue weighted by molar-refractivity contribution is 7.19. The maximum absolute atomic E-state index is 12.8. The van der Waals surface area contributed by atoms with Crippen LogP contribution >= 0.6 is 22.9 Å². The molecule has 3 heterocycles. The minimum Gasteiger partial charge on any atom is -0.376 e. The second-order valence-corrected chi connectivity index (χ2v) is 7.67. The summed E-state index contributed by atoms with van der Waals surface area (Å²) in [6.07, 6.45) is -0.114. The van der Waals surface area contributed by atoms with Crippen molar-refractivity contribution < 1.29 is 14.3 Å². The van der Waals surface area contributed by atoms with Gasteiger partial charge < -0.3 is 14.8 Å². The molecule has 0 unspecified atom stereocenters. The maximum Gasteiger partial charge on any atom is 0.252 e. The van der Waals surface area contributed by atoms with Crippen molar-refractivity contribution in [3.05, 3.63) is 52.4 Å². The lowest BCUT2D eigenvalue weighted by molar-refractivity contribution is -0.0855. The molecule has 1 fully saturated rings. The Balaban J connectivity index is 1.64. The monoisotopic (exact) mass is 388 g/mol. The zero-order valence-corrected chi connectivity index (χ0v) is 15.5. The highest BCUT2D eigenvalue weighted by atomic mass is 35.5. The van der Waals surface area contributed by atoms with E-state index >= 15 is 0 Å². The van der Waals surface area contributed by atoms with E-state index in [0.717, 1.165) is 21.5 Å². The van der Waals surface area contributed by atoms with Crippen LogP contribution in [-0.4, -0.2) is 43.4 Å². The largest absolute Gasteiger partial charge is 0.376 e. The summed E-state index contributed by atoms with van der Waals surface area (Å²) < 4.78 is 11.6. The molecule has 5 nitrogen and oxygen atoms in total. The number of thiophene rings is 1. The number of carbonyl (C=O) groups excluding carboxylic acids is 1. The number of hydrogen-bond donors (Lipinski definition) is 1. The first-order valence-electron chi connectivity index (χ1n) is 8.34. The van der Waals surface area contributed by atoms with E-state index in [0.29, 0.717) is 36.3 Å². The van der Waals surface area contributed by atoms with Crippen molar-refractivity contribution in [1.29, 1.82) is 0 Å². The highest BCUT2D eigenvalue weighted by Crippen LogP contribution is 2.32. The molecule has 1 aliphatic heterocycles. The van der Waals surface area contributed by atoms with Crippen molar-refractivity contribution in [3.8, 4) is 10.6 Å². The third-order valence-electron chi connectivity index (χ3n) is 4.16. The summed E-state index contributed by atoms with van der Waals surface area (Å²) >= 11 is 7.49. The lowest BCUT2D eigenvalue weighted by atomic mass is 10.1. The van der Waals surface area contributed by atoms with Gasteiger partial charge in [0.15, 0.2) is 0 Å². The van der Waals surface area contributed by atoms with Gasteiger partial charge in [-0.15, -0.1) is 11.3 Å². The lowest BCUT2D eigenvalue weighted by Crippen LogP contribution is -2.39.